The van der Waals surface area contributed by atoms with Gasteiger partial charge in [0.05, 0.1) is 0 Å². The summed E-state index contributed by atoms with van der Waals surface area (Å²) in [5.41, 5.74) is 0.632. The second-order valence-corrected chi connectivity index (χ2v) is 7.25. The number of carbonyl (C=O) groups is 2. The molecule has 2 rings (SSSR count). The van der Waals surface area contributed by atoms with Crippen LogP contribution in [0.2, 0.25) is 0 Å². The molecule has 0 saturated carbocycles. The van der Waals surface area contributed by atoms with Crippen LogP contribution in [0.1, 0.15) is 36.5 Å². The van der Waals surface area contributed by atoms with Crippen molar-refractivity contribution in [3.63, 3.8) is 0 Å². The lowest BCUT2D eigenvalue weighted by Gasteiger charge is -2.15. The van der Waals surface area contributed by atoms with Crippen LogP contribution in [-0.4, -0.2) is 61.9 Å². The second-order valence-electron chi connectivity index (χ2n) is 6.33. The Bertz CT molecular complexity index is 665. The van der Waals surface area contributed by atoms with Crippen molar-refractivity contribution in [2.45, 2.75) is 26.2 Å². The van der Waals surface area contributed by atoms with Crippen LogP contribution in [0.3, 0.4) is 0 Å². The maximum absolute atomic E-state index is 12.1. The zero-order valence-corrected chi connectivity index (χ0v) is 20.1. The van der Waals surface area contributed by atoms with Crippen molar-refractivity contribution in [1.29, 1.82) is 0 Å². The third-order valence-electron chi connectivity index (χ3n) is 4.19. The smallest absolute Gasteiger partial charge is 0.251 e. The van der Waals surface area contributed by atoms with Crippen LogP contribution in [-0.2, 0) is 4.79 Å². The zero-order valence-electron chi connectivity index (χ0n) is 16.2. The molecule has 0 radical (unpaired) electrons. The summed E-state index contributed by atoms with van der Waals surface area (Å²) in [6, 6.07) is 7.30. The molecule has 1 fully saturated rings. The van der Waals surface area contributed by atoms with Crippen LogP contribution < -0.4 is 16.0 Å². The Morgan fingerprint density at radius 1 is 1.14 bits per heavy atom. The van der Waals surface area contributed by atoms with Gasteiger partial charge in [-0.25, -0.2) is 4.99 Å². The number of aliphatic imine (C=N–C) groups is 1. The van der Waals surface area contributed by atoms with E-state index in [1.165, 1.54) is 0 Å². The highest BCUT2D eigenvalue weighted by atomic mass is 127. The summed E-state index contributed by atoms with van der Waals surface area (Å²) in [4.78, 5) is 30.4. The van der Waals surface area contributed by atoms with Crippen molar-refractivity contribution in [3.05, 3.63) is 34.3 Å². The molecule has 9 heteroatoms. The molecule has 1 aliphatic heterocycles. The van der Waals surface area contributed by atoms with Crippen molar-refractivity contribution in [2.75, 3.05) is 39.3 Å². The lowest BCUT2D eigenvalue weighted by Crippen LogP contribution is -2.40. The number of likely N-dealkylation sites (tertiary alicyclic amines) is 1. The number of guanidine groups is 1. The van der Waals surface area contributed by atoms with Crippen molar-refractivity contribution < 1.29 is 9.59 Å². The Balaban J connectivity index is 0.00000392. The lowest BCUT2D eigenvalue weighted by atomic mass is 10.2. The summed E-state index contributed by atoms with van der Waals surface area (Å²) < 4.78 is 0.881. The summed E-state index contributed by atoms with van der Waals surface area (Å²) >= 11 is 3.36. The molecule has 1 heterocycles. The Hall–Kier alpha value is -1.36. The topological polar surface area (TPSA) is 85.8 Å². The number of amides is 2. The van der Waals surface area contributed by atoms with Gasteiger partial charge in [-0.2, -0.15) is 0 Å². The Morgan fingerprint density at radius 3 is 2.54 bits per heavy atom. The zero-order chi connectivity index (χ0) is 19.5. The van der Waals surface area contributed by atoms with Crippen molar-refractivity contribution in [3.8, 4) is 0 Å². The number of halogens is 2. The summed E-state index contributed by atoms with van der Waals surface area (Å²) in [6.07, 6.45) is 2.92. The first-order valence-electron chi connectivity index (χ1n) is 9.44. The van der Waals surface area contributed by atoms with Gasteiger partial charge in [-0.1, -0.05) is 22.0 Å². The molecule has 2 amide bonds. The number of rotatable bonds is 8. The minimum Gasteiger partial charge on any atom is -0.357 e. The quantitative estimate of drug-likeness (QED) is 0.195. The SMILES string of the molecule is CCNC(=NCC(=O)N1CCCC1)NCCCNC(=O)c1cccc(Br)c1.I. The molecule has 3 N–H and O–H groups in total. The van der Waals surface area contributed by atoms with Gasteiger partial charge in [0.1, 0.15) is 6.54 Å². The number of hydrogen-bond acceptors (Lipinski definition) is 3. The number of benzene rings is 1. The van der Waals surface area contributed by atoms with Gasteiger partial charge in [0.2, 0.25) is 5.91 Å². The maximum atomic E-state index is 12.1. The van der Waals surface area contributed by atoms with Crippen molar-refractivity contribution in [2.24, 2.45) is 4.99 Å². The minimum absolute atomic E-state index is 0. The second kappa shape index (κ2) is 13.8. The molecule has 28 heavy (non-hydrogen) atoms. The van der Waals surface area contributed by atoms with E-state index in [2.05, 4.69) is 36.9 Å². The van der Waals surface area contributed by atoms with Crippen LogP contribution in [0.25, 0.3) is 0 Å². The summed E-state index contributed by atoms with van der Waals surface area (Å²) in [5, 5.41) is 9.23. The van der Waals surface area contributed by atoms with Gasteiger partial charge < -0.3 is 20.9 Å². The standard InChI is InChI=1S/C19H28BrN5O2.HI/c1-2-21-19(24-14-17(26)25-11-3-4-12-25)23-10-6-9-22-18(27)15-7-5-8-16(20)13-15;/h5,7-8,13H,2-4,6,9-12,14H2,1H3,(H,22,27)(H2,21,23,24);1H. The Labute approximate surface area is 192 Å². The number of carbonyl (C=O) groups excluding carboxylic acids is 2. The molecule has 0 bridgehead atoms. The average molecular weight is 566 g/mol. The van der Waals surface area contributed by atoms with E-state index in [0.29, 0.717) is 24.6 Å². The van der Waals surface area contributed by atoms with Crippen molar-refractivity contribution in [1.82, 2.24) is 20.9 Å². The molecule has 1 aromatic rings. The molecule has 1 aromatic carbocycles. The monoisotopic (exact) mass is 565 g/mol. The summed E-state index contributed by atoms with van der Waals surface area (Å²) in [6.45, 7) is 5.77. The Kier molecular flexibility index (Phi) is 12.1. The van der Waals surface area contributed by atoms with Gasteiger partial charge in [-0.3, -0.25) is 9.59 Å². The molecule has 7 nitrogen and oxygen atoms in total. The van der Waals surface area contributed by atoms with Gasteiger partial charge in [0.15, 0.2) is 5.96 Å². The van der Waals surface area contributed by atoms with Crippen molar-refractivity contribution >= 4 is 57.7 Å². The van der Waals surface area contributed by atoms with Crippen LogP contribution in [0.4, 0.5) is 0 Å². The van der Waals surface area contributed by atoms with Gasteiger partial charge in [-0.15, -0.1) is 24.0 Å². The fourth-order valence-electron chi connectivity index (χ4n) is 2.78. The van der Waals surface area contributed by atoms with E-state index in [9.17, 15) is 9.59 Å². The summed E-state index contributed by atoms with van der Waals surface area (Å²) in [7, 11) is 0. The third kappa shape index (κ3) is 8.76. The van der Waals surface area contributed by atoms with Crippen LogP contribution in [0.5, 0.6) is 0 Å². The van der Waals surface area contributed by atoms with Gasteiger partial charge in [0.25, 0.3) is 5.91 Å². The minimum atomic E-state index is -0.0897. The average Bonchev–Trinajstić information content (AvgIpc) is 3.20. The van der Waals surface area contributed by atoms with Gasteiger partial charge >= 0.3 is 0 Å². The first-order valence-corrected chi connectivity index (χ1v) is 10.2. The fourth-order valence-corrected chi connectivity index (χ4v) is 3.18. The predicted molar refractivity (Wildman–Crippen MR) is 126 cm³/mol. The van der Waals surface area contributed by atoms with E-state index in [1.807, 2.05) is 24.0 Å². The highest BCUT2D eigenvalue weighted by Crippen LogP contribution is 2.11. The van der Waals surface area contributed by atoms with Crippen LogP contribution in [0, 0.1) is 0 Å². The third-order valence-corrected chi connectivity index (χ3v) is 4.69. The number of nitrogens with zero attached hydrogens (tertiary/aromatic N) is 2. The molecule has 0 aliphatic carbocycles. The molecule has 0 aromatic heterocycles. The molecule has 0 spiro atoms. The molecule has 0 atom stereocenters. The Morgan fingerprint density at radius 2 is 1.86 bits per heavy atom. The van der Waals surface area contributed by atoms with Gasteiger partial charge in [0, 0.05) is 42.8 Å². The number of hydrogen-bond donors (Lipinski definition) is 3. The lowest BCUT2D eigenvalue weighted by molar-refractivity contribution is -0.128. The van der Waals surface area contributed by atoms with E-state index in [0.717, 1.165) is 43.4 Å². The maximum Gasteiger partial charge on any atom is 0.251 e. The first-order chi connectivity index (χ1) is 13.1. The van der Waals surface area contributed by atoms with Crippen LogP contribution in [0.15, 0.2) is 33.7 Å². The van der Waals surface area contributed by atoms with Gasteiger partial charge in [-0.05, 0) is 44.4 Å². The number of nitrogens with one attached hydrogen (secondary N) is 3. The predicted octanol–water partition coefficient (Wildman–Crippen LogP) is 2.36. The van der Waals surface area contributed by atoms with E-state index in [-0.39, 0.29) is 42.3 Å². The van der Waals surface area contributed by atoms with E-state index in [4.69, 9.17) is 0 Å². The first kappa shape index (κ1) is 24.7. The molecule has 1 aliphatic rings. The molecule has 1 saturated heterocycles. The van der Waals surface area contributed by atoms with E-state index < -0.39 is 0 Å². The highest BCUT2D eigenvalue weighted by Gasteiger charge is 2.17. The molecule has 156 valence electrons. The summed E-state index contributed by atoms with van der Waals surface area (Å²) in [5.74, 6) is 0.613. The van der Waals surface area contributed by atoms with Crippen LogP contribution >= 0.6 is 39.9 Å². The van der Waals surface area contributed by atoms with E-state index in [1.54, 1.807) is 12.1 Å². The molecular formula is C19H29BrIN5O2. The van der Waals surface area contributed by atoms with E-state index >= 15 is 0 Å². The highest BCUT2D eigenvalue weighted by molar-refractivity contribution is 14.0. The molecule has 0 unspecified atom stereocenters. The normalized spacial score (nSPS) is 13.6. The fraction of sp³-hybridized carbons (Fsp3) is 0.526. The molecular weight excluding hydrogens is 537 g/mol. The largest absolute Gasteiger partial charge is 0.357 e.